The van der Waals surface area contributed by atoms with Crippen LogP contribution in [0.4, 0.5) is 0 Å². The first-order chi connectivity index (χ1) is 18.3. The second-order valence-corrected chi connectivity index (χ2v) is 11.5. The first-order valence-corrected chi connectivity index (χ1v) is 13.9. The van der Waals surface area contributed by atoms with Crippen molar-refractivity contribution in [3.05, 3.63) is 70.0 Å². The van der Waals surface area contributed by atoms with Crippen molar-refractivity contribution in [1.82, 2.24) is 10.3 Å². The van der Waals surface area contributed by atoms with Crippen molar-refractivity contribution in [2.24, 2.45) is 5.41 Å². The van der Waals surface area contributed by atoms with E-state index in [1.54, 1.807) is 0 Å². The Hall–Kier alpha value is -3.27. The van der Waals surface area contributed by atoms with Crippen LogP contribution in [0.15, 0.2) is 53.9 Å². The summed E-state index contributed by atoms with van der Waals surface area (Å²) >= 11 is 1.48. The minimum absolute atomic E-state index is 0.197. The number of nitrogens with zero attached hydrogens (tertiary/aromatic N) is 2. The third-order valence-electron chi connectivity index (χ3n) is 7.70. The van der Waals surface area contributed by atoms with Crippen LogP contribution in [0.2, 0.25) is 0 Å². The van der Waals surface area contributed by atoms with E-state index in [1.165, 1.54) is 11.3 Å². The Bertz CT molecular complexity index is 1260. The van der Waals surface area contributed by atoms with Gasteiger partial charge in [-0.3, -0.25) is 9.59 Å². The summed E-state index contributed by atoms with van der Waals surface area (Å²) in [5, 5.41) is 15.2. The van der Waals surface area contributed by atoms with E-state index in [9.17, 15) is 14.7 Å². The number of ether oxygens (including phenoxy) is 2. The van der Waals surface area contributed by atoms with Gasteiger partial charge in [-0.1, -0.05) is 24.3 Å². The monoisotopic (exact) mass is 536 g/mol. The number of rotatable bonds is 10. The van der Waals surface area contributed by atoms with Crippen LogP contribution in [0.5, 0.6) is 5.75 Å². The summed E-state index contributed by atoms with van der Waals surface area (Å²) in [5.74, 6) is -0.367. The Morgan fingerprint density at radius 2 is 1.79 bits per heavy atom. The van der Waals surface area contributed by atoms with Crippen molar-refractivity contribution in [3.63, 3.8) is 0 Å². The van der Waals surface area contributed by atoms with Gasteiger partial charge in [-0.25, -0.2) is 4.98 Å². The molecule has 38 heavy (non-hydrogen) atoms. The minimum Gasteiger partial charge on any atom is -0.488 e. The Balaban J connectivity index is 1.15. The summed E-state index contributed by atoms with van der Waals surface area (Å²) in [4.78, 5) is 29.6. The van der Waals surface area contributed by atoms with Gasteiger partial charge in [0.2, 0.25) is 5.91 Å². The van der Waals surface area contributed by atoms with Crippen LogP contribution in [-0.4, -0.2) is 73.0 Å². The maximum atomic E-state index is 13.2. The number of carbonyl (C=O) groups excluding carboxylic acids is 1. The lowest BCUT2D eigenvalue weighted by Gasteiger charge is -2.37. The van der Waals surface area contributed by atoms with E-state index < -0.39 is 11.4 Å². The number of thiazole rings is 1. The molecule has 0 radical (unpaired) electrons. The van der Waals surface area contributed by atoms with Crippen molar-refractivity contribution in [2.75, 3.05) is 46.5 Å². The van der Waals surface area contributed by atoms with Crippen molar-refractivity contribution in [3.8, 4) is 17.0 Å². The summed E-state index contributed by atoms with van der Waals surface area (Å²) < 4.78 is 12.4. The van der Waals surface area contributed by atoms with Crippen molar-refractivity contribution in [2.45, 2.75) is 25.8 Å². The van der Waals surface area contributed by atoms with Gasteiger partial charge in [0.25, 0.3) is 0 Å². The highest BCUT2D eigenvalue weighted by atomic mass is 32.1. The van der Waals surface area contributed by atoms with Crippen molar-refractivity contribution >= 4 is 23.2 Å². The standard InChI is InChI=1S/C29H33N3O5S/c1-32(10-13-36-14-11-32)12-15-37-24-8-6-21(7-9-24)25-20-38-26(31-25)19-30-28(35)29(18-27(33)34)16-22-4-2-3-5-23(22)17-29/h2-9,20H,10-19H2,1H3,(H-,30,33,34,35)/p+1. The summed E-state index contributed by atoms with van der Waals surface area (Å²) in [6.07, 6.45) is 0.675. The van der Waals surface area contributed by atoms with Crippen LogP contribution in [0.1, 0.15) is 22.6 Å². The van der Waals surface area contributed by atoms with Gasteiger partial charge in [0.15, 0.2) is 0 Å². The number of carboxylic acids is 1. The molecule has 8 nitrogen and oxygen atoms in total. The highest BCUT2D eigenvalue weighted by Gasteiger charge is 2.45. The number of nitrogens with one attached hydrogen (secondary N) is 1. The van der Waals surface area contributed by atoms with Gasteiger partial charge in [-0.05, 0) is 48.2 Å². The van der Waals surface area contributed by atoms with E-state index in [1.807, 2.05) is 53.9 Å². The number of hydrogen-bond acceptors (Lipinski definition) is 6. The number of likely N-dealkylation sites (N-methyl/N-ethyl adjacent to an activating group) is 1. The van der Waals surface area contributed by atoms with E-state index in [-0.39, 0.29) is 18.9 Å². The minimum atomic E-state index is -0.966. The van der Waals surface area contributed by atoms with Gasteiger partial charge in [-0.15, -0.1) is 11.3 Å². The zero-order valence-electron chi connectivity index (χ0n) is 21.7. The number of fused-ring (bicyclic) bond motifs is 1. The first-order valence-electron chi connectivity index (χ1n) is 13.0. The van der Waals surface area contributed by atoms with Gasteiger partial charge in [-0.2, -0.15) is 0 Å². The maximum absolute atomic E-state index is 13.2. The summed E-state index contributed by atoms with van der Waals surface area (Å²) in [5.41, 5.74) is 2.94. The average molecular weight is 537 g/mol. The zero-order valence-corrected chi connectivity index (χ0v) is 22.5. The number of quaternary nitrogens is 1. The second-order valence-electron chi connectivity index (χ2n) is 10.6. The number of aliphatic carboxylic acids is 1. The summed E-state index contributed by atoms with van der Waals surface area (Å²) in [7, 11) is 2.25. The SMILES string of the molecule is C[N+]1(CCOc2ccc(-c3csc(CNC(=O)C4(CC(=O)O)Cc5ccccc5C4)n3)cc2)CCOCC1. The number of benzene rings is 2. The van der Waals surface area contributed by atoms with Crippen LogP contribution >= 0.6 is 11.3 Å². The summed E-state index contributed by atoms with van der Waals surface area (Å²) in [6.45, 7) is 5.53. The highest BCUT2D eigenvalue weighted by Crippen LogP contribution is 2.40. The third-order valence-corrected chi connectivity index (χ3v) is 8.55. The van der Waals surface area contributed by atoms with Gasteiger partial charge < -0.3 is 24.4 Å². The molecule has 0 spiro atoms. The zero-order chi connectivity index (χ0) is 26.6. The Labute approximate surface area is 226 Å². The largest absolute Gasteiger partial charge is 0.488 e. The molecule has 3 aromatic rings. The topological polar surface area (TPSA) is 97.8 Å². The molecule has 1 amide bonds. The first kappa shape index (κ1) is 26.3. The van der Waals surface area contributed by atoms with Crippen molar-refractivity contribution in [1.29, 1.82) is 0 Å². The second kappa shape index (κ2) is 11.2. The number of amides is 1. The van der Waals surface area contributed by atoms with E-state index in [4.69, 9.17) is 14.5 Å². The molecule has 1 aliphatic heterocycles. The van der Waals surface area contributed by atoms with E-state index >= 15 is 0 Å². The molecule has 2 heterocycles. The molecule has 1 aromatic heterocycles. The predicted octanol–water partition coefficient (Wildman–Crippen LogP) is 3.54. The van der Waals surface area contributed by atoms with Crippen LogP contribution in [0, 0.1) is 5.41 Å². The lowest BCUT2D eigenvalue weighted by Crippen LogP contribution is -2.53. The van der Waals surface area contributed by atoms with Gasteiger partial charge >= 0.3 is 5.97 Å². The molecule has 5 rings (SSSR count). The smallest absolute Gasteiger partial charge is 0.304 e. The van der Waals surface area contributed by atoms with Crippen LogP contribution in [0.25, 0.3) is 11.3 Å². The maximum Gasteiger partial charge on any atom is 0.304 e. The van der Waals surface area contributed by atoms with E-state index in [0.717, 1.165) is 70.5 Å². The molecule has 0 atom stereocenters. The molecule has 1 aliphatic carbocycles. The van der Waals surface area contributed by atoms with Crippen LogP contribution in [0.3, 0.4) is 0 Å². The molecule has 0 saturated carbocycles. The van der Waals surface area contributed by atoms with Crippen molar-refractivity contribution < 1.29 is 28.7 Å². The number of carboxylic acid groups (broad SMARTS) is 1. The molecule has 0 bridgehead atoms. The number of aromatic nitrogens is 1. The number of morpholine rings is 1. The van der Waals surface area contributed by atoms with Crippen LogP contribution in [-0.2, 0) is 33.7 Å². The molecule has 0 unspecified atom stereocenters. The van der Waals surface area contributed by atoms with E-state index in [2.05, 4.69) is 12.4 Å². The summed E-state index contributed by atoms with van der Waals surface area (Å²) in [6, 6.07) is 15.7. The fraction of sp³-hybridized carbons (Fsp3) is 0.414. The van der Waals surface area contributed by atoms with Gasteiger partial charge in [0, 0.05) is 10.9 Å². The Kier molecular flexibility index (Phi) is 7.78. The number of hydrogen-bond donors (Lipinski definition) is 2. The lowest BCUT2D eigenvalue weighted by atomic mass is 9.80. The predicted molar refractivity (Wildman–Crippen MR) is 145 cm³/mol. The molecular weight excluding hydrogens is 502 g/mol. The molecule has 2 aliphatic rings. The van der Waals surface area contributed by atoms with Gasteiger partial charge in [0.05, 0.1) is 44.3 Å². The van der Waals surface area contributed by atoms with Crippen LogP contribution < -0.4 is 10.1 Å². The fourth-order valence-electron chi connectivity index (χ4n) is 5.33. The molecule has 1 fully saturated rings. The van der Waals surface area contributed by atoms with Gasteiger partial charge in [0.1, 0.15) is 37.0 Å². The Morgan fingerprint density at radius 3 is 2.45 bits per heavy atom. The molecular formula is C29H34N3O5S+. The molecule has 9 heteroatoms. The normalized spacial score (nSPS) is 17.5. The fourth-order valence-corrected chi connectivity index (χ4v) is 6.07. The molecule has 1 saturated heterocycles. The molecule has 200 valence electrons. The number of carbonyl (C=O) groups is 2. The van der Waals surface area contributed by atoms with E-state index in [0.29, 0.717) is 19.4 Å². The molecule has 2 N–H and O–H groups in total. The quantitative estimate of drug-likeness (QED) is 0.385. The third kappa shape index (κ3) is 6.06. The highest BCUT2D eigenvalue weighted by molar-refractivity contribution is 7.09. The Morgan fingerprint density at radius 1 is 1.11 bits per heavy atom. The average Bonchev–Trinajstić information content (AvgIpc) is 3.53. The lowest BCUT2D eigenvalue weighted by molar-refractivity contribution is -0.916. The molecule has 2 aromatic carbocycles.